The highest BCUT2D eigenvalue weighted by atomic mass is 16.4. The number of carboxylic acids is 1. The zero-order valence-corrected chi connectivity index (χ0v) is 10.9. The molecule has 0 bridgehead atoms. The molecule has 0 fully saturated rings. The average Bonchev–Trinajstić information content (AvgIpc) is 2.79. The Kier molecular flexibility index (Phi) is 5.09. The van der Waals surface area contributed by atoms with Crippen molar-refractivity contribution in [3.8, 4) is 0 Å². The molecule has 0 aliphatic carbocycles. The summed E-state index contributed by atoms with van der Waals surface area (Å²) in [5.74, 6) is -0.656. The molecule has 0 aliphatic heterocycles. The molecule has 0 amide bonds. The first kappa shape index (κ1) is 14.4. The summed E-state index contributed by atoms with van der Waals surface area (Å²) in [7, 11) is 0. The SMILES string of the molecule is CC(=O)C(C)N(Cc1ccco1)CC(C)C(=O)O. The molecule has 0 aromatic carbocycles. The molecule has 100 valence electrons. The third-order valence-electron chi connectivity index (χ3n) is 3.01. The smallest absolute Gasteiger partial charge is 0.307 e. The lowest BCUT2D eigenvalue weighted by atomic mass is 10.1. The normalized spacial score (nSPS) is 14.4. The molecule has 5 nitrogen and oxygen atoms in total. The lowest BCUT2D eigenvalue weighted by Crippen LogP contribution is -2.41. The first-order valence-electron chi connectivity index (χ1n) is 5.91. The number of aliphatic carboxylic acids is 1. The van der Waals surface area contributed by atoms with Crippen LogP contribution in [0.4, 0.5) is 0 Å². The fourth-order valence-corrected chi connectivity index (χ4v) is 1.65. The van der Waals surface area contributed by atoms with Crippen LogP contribution >= 0.6 is 0 Å². The number of rotatable bonds is 7. The molecule has 1 aromatic rings. The number of hydrogen-bond acceptors (Lipinski definition) is 4. The van der Waals surface area contributed by atoms with Gasteiger partial charge in [-0.1, -0.05) is 6.92 Å². The first-order valence-corrected chi connectivity index (χ1v) is 5.91. The molecule has 0 spiro atoms. The number of carboxylic acid groups (broad SMARTS) is 1. The van der Waals surface area contributed by atoms with E-state index in [-0.39, 0.29) is 11.8 Å². The van der Waals surface area contributed by atoms with E-state index in [4.69, 9.17) is 9.52 Å². The summed E-state index contributed by atoms with van der Waals surface area (Å²) >= 11 is 0. The summed E-state index contributed by atoms with van der Waals surface area (Å²) in [5, 5.41) is 8.94. The highest BCUT2D eigenvalue weighted by molar-refractivity contribution is 5.81. The third kappa shape index (κ3) is 4.00. The van der Waals surface area contributed by atoms with Crippen molar-refractivity contribution in [1.82, 2.24) is 4.90 Å². The van der Waals surface area contributed by atoms with Crippen LogP contribution in [0.15, 0.2) is 22.8 Å². The summed E-state index contributed by atoms with van der Waals surface area (Å²) in [5.41, 5.74) is 0. The van der Waals surface area contributed by atoms with E-state index >= 15 is 0 Å². The molecule has 5 heteroatoms. The molecule has 1 N–H and O–H groups in total. The molecule has 18 heavy (non-hydrogen) atoms. The predicted molar refractivity (Wildman–Crippen MR) is 66.1 cm³/mol. The lowest BCUT2D eigenvalue weighted by Gasteiger charge is -2.27. The monoisotopic (exact) mass is 253 g/mol. The Labute approximate surface area is 106 Å². The van der Waals surface area contributed by atoms with Crippen LogP contribution in [-0.2, 0) is 16.1 Å². The number of hydrogen-bond donors (Lipinski definition) is 1. The van der Waals surface area contributed by atoms with Gasteiger partial charge >= 0.3 is 5.97 Å². The maximum atomic E-state index is 11.4. The second-order valence-corrected chi connectivity index (χ2v) is 4.53. The minimum absolute atomic E-state index is 0.0131. The van der Waals surface area contributed by atoms with E-state index in [2.05, 4.69) is 0 Å². The van der Waals surface area contributed by atoms with Gasteiger partial charge in [0.15, 0.2) is 0 Å². The molecule has 0 saturated carbocycles. The average molecular weight is 253 g/mol. The number of carbonyl (C=O) groups excluding carboxylic acids is 1. The van der Waals surface area contributed by atoms with Gasteiger partial charge in [-0.25, -0.2) is 0 Å². The molecule has 2 unspecified atom stereocenters. The summed E-state index contributed by atoms with van der Waals surface area (Å²) in [6.45, 7) is 5.66. The van der Waals surface area contributed by atoms with Crippen LogP contribution in [0.3, 0.4) is 0 Å². The van der Waals surface area contributed by atoms with E-state index < -0.39 is 11.9 Å². The maximum Gasteiger partial charge on any atom is 0.307 e. The molecular formula is C13H19NO4. The van der Waals surface area contributed by atoms with E-state index in [0.717, 1.165) is 5.76 Å². The highest BCUT2D eigenvalue weighted by Gasteiger charge is 2.23. The highest BCUT2D eigenvalue weighted by Crippen LogP contribution is 2.12. The van der Waals surface area contributed by atoms with Gasteiger partial charge in [-0.2, -0.15) is 0 Å². The topological polar surface area (TPSA) is 70.8 Å². The van der Waals surface area contributed by atoms with Gasteiger partial charge in [0, 0.05) is 6.54 Å². The summed E-state index contributed by atoms with van der Waals surface area (Å²) < 4.78 is 5.24. The molecule has 1 rings (SSSR count). The van der Waals surface area contributed by atoms with E-state index in [1.54, 1.807) is 26.2 Å². The number of furan rings is 1. The van der Waals surface area contributed by atoms with Gasteiger partial charge < -0.3 is 9.52 Å². The van der Waals surface area contributed by atoms with Crippen molar-refractivity contribution < 1.29 is 19.1 Å². The zero-order chi connectivity index (χ0) is 13.7. The van der Waals surface area contributed by atoms with Crippen LogP contribution in [0.2, 0.25) is 0 Å². The van der Waals surface area contributed by atoms with Gasteiger partial charge in [-0.15, -0.1) is 0 Å². The zero-order valence-electron chi connectivity index (χ0n) is 10.9. The largest absolute Gasteiger partial charge is 0.481 e. The molecular weight excluding hydrogens is 234 g/mol. The van der Waals surface area contributed by atoms with Crippen LogP contribution in [0.1, 0.15) is 26.5 Å². The fourth-order valence-electron chi connectivity index (χ4n) is 1.65. The Balaban J connectivity index is 2.74. The van der Waals surface area contributed by atoms with Crippen LogP contribution in [-0.4, -0.2) is 34.3 Å². The second-order valence-electron chi connectivity index (χ2n) is 4.53. The predicted octanol–water partition coefficient (Wildman–Crippen LogP) is 1.78. The van der Waals surface area contributed by atoms with Crippen LogP contribution in [0.25, 0.3) is 0 Å². The van der Waals surface area contributed by atoms with Gasteiger partial charge in [0.1, 0.15) is 11.5 Å². The molecule has 2 atom stereocenters. The van der Waals surface area contributed by atoms with Gasteiger partial charge in [0.25, 0.3) is 0 Å². The molecule has 1 aromatic heterocycles. The third-order valence-corrected chi connectivity index (χ3v) is 3.01. The van der Waals surface area contributed by atoms with Crippen LogP contribution in [0.5, 0.6) is 0 Å². The van der Waals surface area contributed by atoms with Crippen LogP contribution < -0.4 is 0 Å². The quantitative estimate of drug-likeness (QED) is 0.802. The van der Waals surface area contributed by atoms with Gasteiger partial charge in [-0.05, 0) is 26.0 Å². The van der Waals surface area contributed by atoms with E-state index in [0.29, 0.717) is 13.1 Å². The number of Topliss-reactive ketones (excluding diaryl/α,β-unsaturated/α-hetero) is 1. The van der Waals surface area contributed by atoms with Crippen molar-refractivity contribution in [2.45, 2.75) is 33.4 Å². The van der Waals surface area contributed by atoms with Crippen molar-refractivity contribution in [1.29, 1.82) is 0 Å². The molecule has 0 saturated heterocycles. The van der Waals surface area contributed by atoms with Crippen molar-refractivity contribution in [3.63, 3.8) is 0 Å². The minimum Gasteiger partial charge on any atom is -0.481 e. The fraction of sp³-hybridized carbons (Fsp3) is 0.538. The number of carbonyl (C=O) groups is 2. The Morgan fingerprint density at radius 3 is 2.56 bits per heavy atom. The van der Waals surface area contributed by atoms with Crippen molar-refractivity contribution in [2.75, 3.05) is 6.54 Å². The summed E-state index contributed by atoms with van der Waals surface area (Å²) in [6.07, 6.45) is 1.56. The van der Waals surface area contributed by atoms with E-state index in [9.17, 15) is 9.59 Å². The second kappa shape index (κ2) is 6.35. The van der Waals surface area contributed by atoms with Crippen molar-refractivity contribution in [2.24, 2.45) is 5.92 Å². The van der Waals surface area contributed by atoms with E-state index in [1.807, 2.05) is 11.0 Å². The van der Waals surface area contributed by atoms with Gasteiger partial charge in [-0.3, -0.25) is 14.5 Å². The number of nitrogens with zero attached hydrogens (tertiary/aromatic N) is 1. The Morgan fingerprint density at radius 1 is 1.44 bits per heavy atom. The Bertz CT molecular complexity index is 399. The van der Waals surface area contributed by atoms with Gasteiger partial charge in [0.2, 0.25) is 0 Å². The Morgan fingerprint density at radius 2 is 2.11 bits per heavy atom. The number of ketones is 1. The van der Waals surface area contributed by atoms with Crippen molar-refractivity contribution >= 4 is 11.8 Å². The summed E-state index contributed by atoms with van der Waals surface area (Å²) in [4.78, 5) is 24.2. The molecule has 0 radical (unpaired) electrons. The summed E-state index contributed by atoms with van der Waals surface area (Å²) in [6, 6.07) is 3.26. The van der Waals surface area contributed by atoms with E-state index in [1.165, 1.54) is 6.92 Å². The molecule has 1 heterocycles. The Hall–Kier alpha value is -1.62. The van der Waals surface area contributed by atoms with Crippen LogP contribution in [0, 0.1) is 5.92 Å². The first-order chi connectivity index (χ1) is 8.41. The standard InChI is InChI=1S/C13H19NO4/c1-9(13(16)17)7-14(10(2)11(3)15)8-12-5-4-6-18-12/h4-6,9-10H,7-8H2,1-3H3,(H,16,17). The lowest BCUT2D eigenvalue weighted by molar-refractivity contribution is -0.142. The van der Waals surface area contributed by atoms with Gasteiger partial charge in [0.05, 0.1) is 24.8 Å². The molecule has 0 aliphatic rings. The minimum atomic E-state index is -0.866. The maximum absolute atomic E-state index is 11.4. The van der Waals surface area contributed by atoms with Crippen molar-refractivity contribution in [3.05, 3.63) is 24.2 Å².